The van der Waals surface area contributed by atoms with Crippen LogP contribution in [-0.4, -0.2) is 22.1 Å². The lowest BCUT2D eigenvalue weighted by atomic mass is 10.0. The molecule has 1 aromatic heterocycles. The van der Waals surface area contributed by atoms with Gasteiger partial charge >= 0.3 is 5.97 Å². The Labute approximate surface area is 173 Å². The van der Waals surface area contributed by atoms with E-state index in [4.69, 9.17) is 21.7 Å². The van der Waals surface area contributed by atoms with Gasteiger partial charge in [0.1, 0.15) is 5.76 Å². The molecule has 0 spiro atoms. The number of furan rings is 1. The molecule has 0 fully saturated rings. The van der Waals surface area contributed by atoms with Gasteiger partial charge in [0, 0.05) is 11.1 Å². The van der Waals surface area contributed by atoms with E-state index < -0.39 is 5.97 Å². The van der Waals surface area contributed by atoms with Crippen LogP contribution >= 0.6 is 12.2 Å². The van der Waals surface area contributed by atoms with Crippen molar-refractivity contribution in [3.63, 3.8) is 0 Å². The molecular formula is C22H20N2O4S. The quantitative estimate of drug-likeness (QED) is 0.521. The zero-order valence-electron chi connectivity index (χ0n) is 15.9. The van der Waals surface area contributed by atoms with E-state index in [0.717, 1.165) is 5.56 Å². The maximum Gasteiger partial charge on any atom is 0.371 e. The Morgan fingerprint density at radius 2 is 1.69 bits per heavy atom. The standard InChI is InChI=1S/C22H20N2O4S/c1-13(2)14-7-9-15(10-8-14)20(25)24-22(29)23-17-6-4-3-5-16(17)18-11-12-19(28-18)21(26)27/h3-13H,1-2H3,(H,26,27)(H2,23,24,25,29). The number of carboxylic acid groups (broad SMARTS) is 1. The molecule has 0 bridgehead atoms. The molecule has 3 N–H and O–H groups in total. The van der Waals surface area contributed by atoms with Crippen LogP contribution < -0.4 is 10.6 Å². The molecule has 3 rings (SSSR count). The van der Waals surface area contributed by atoms with Crippen LogP contribution in [0.1, 0.15) is 46.2 Å². The van der Waals surface area contributed by atoms with E-state index in [-0.39, 0.29) is 16.8 Å². The van der Waals surface area contributed by atoms with Gasteiger partial charge in [0.15, 0.2) is 5.11 Å². The van der Waals surface area contributed by atoms with Crippen molar-refractivity contribution in [2.24, 2.45) is 0 Å². The zero-order valence-corrected chi connectivity index (χ0v) is 16.7. The highest BCUT2D eigenvalue weighted by Crippen LogP contribution is 2.29. The number of hydrogen-bond donors (Lipinski definition) is 3. The minimum atomic E-state index is -1.15. The molecule has 6 nitrogen and oxygen atoms in total. The van der Waals surface area contributed by atoms with Crippen LogP contribution in [0, 0.1) is 0 Å². The summed E-state index contributed by atoms with van der Waals surface area (Å²) < 4.78 is 5.36. The molecule has 29 heavy (non-hydrogen) atoms. The third-order valence-corrected chi connectivity index (χ3v) is 4.53. The second-order valence-corrected chi connectivity index (χ2v) is 7.11. The number of thiocarbonyl (C=S) groups is 1. The lowest BCUT2D eigenvalue weighted by Gasteiger charge is -2.13. The zero-order chi connectivity index (χ0) is 21.0. The summed E-state index contributed by atoms with van der Waals surface area (Å²) in [6, 6.07) is 17.4. The van der Waals surface area contributed by atoms with E-state index in [9.17, 15) is 9.59 Å². The predicted octanol–water partition coefficient (Wildman–Crippen LogP) is 4.90. The van der Waals surface area contributed by atoms with E-state index >= 15 is 0 Å². The predicted molar refractivity (Wildman–Crippen MR) is 115 cm³/mol. The Balaban J connectivity index is 1.72. The molecule has 0 saturated carbocycles. The van der Waals surface area contributed by atoms with Crippen molar-refractivity contribution in [3.8, 4) is 11.3 Å². The first-order valence-electron chi connectivity index (χ1n) is 9.00. The average Bonchev–Trinajstić information content (AvgIpc) is 3.18. The first-order valence-corrected chi connectivity index (χ1v) is 9.41. The molecule has 0 unspecified atom stereocenters. The van der Waals surface area contributed by atoms with E-state index in [2.05, 4.69) is 24.5 Å². The van der Waals surface area contributed by atoms with Crippen LogP contribution in [0.3, 0.4) is 0 Å². The van der Waals surface area contributed by atoms with Crippen molar-refractivity contribution in [2.45, 2.75) is 19.8 Å². The normalized spacial score (nSPS) is 10.6. The van der Waals surface area contributed by atoms with Crippen LogP contribution in [0.15, 0.2) is 65.1 Å². The molecule has 0 aliphatic carbocycles. The van der Waals surface area contributed by atoms with Crippen LogP contribution in [0.2, 0.25) is 0 Å². The molecule has 0 saturated heterocycles. The van der Waals surface area contributed by atoms with Crippen LogP contribution in [0.5, 0.6) is 0 Å². The number of aromatic carboxylic acids is 1. The minimum Gasteiger partial charge on any atom is -0.475 e. The van der Waals surface area contributed by atoms with Crippen LogP contribution in [0.25, 0.3) is 11.3 Å². The Morgan fingerprint density at radius 3 is 2.31 bits per heavy atom. The molecule has 0 aliphatic rings. The van der Waals surface area contributed by atoms with Crippen molar-refractivity contribution >= 4 is 34.9 Å². The molecule has 3 aromatic rings. The van der Waals surface area contributed by atoms with Gasteiger partial charge in [-0.2, -0.15) is 0 Å². The number of anilines is 1. The maximum atomic E-state index is 12.4. The topological polar surface area (TPSA) is 91.6 Å². The van der Waals surface area contributed by atoms with Gasteiger partial charge in [-0.15, -0.1) is 0 Å². The average molecular weight is 408 g/mol. The van der Waals surface area contributed by atoms with Gasteiger partial charge < -0.3 is 14.8 Å². The minimum absolute atomic E-state index is 0.125. The summed E-state index contributed by atoms with van der Waals surface area (Å²) in [5, 5.41) is 14.8. The molecule has 0 aliphatic heterocycles. The lowest BCUT2D eigenvalue weighted by Crippen LogP contribution is -2.34. The Hall–Kier alpha value is -3.45. The fraction of sp³-hybridized carbons (Fsp3) is 0.136. The summed E-state index contributed by atoms with van der Waals surface area (Å²) >= 11 is 5.27. The van der Waals surface area contributed by atoms with Crippen molar-refractivity contribution in [1.82, 2.24) is 5.32 Å². The van der Waals surface area contributed by atoms with Crippen LogP contribution in [-0.2, 0) is 0 Å². The van der Waals surface area contributed by atoms with Gasteiger partial charge in [0.25, 0.3) is 5.91 Å². The summed E-state index contributed by atoms with van der Waals surface area (Å²) in [5.41, 5.74) is 2.86. The molecule has 2 aromatic carbocycles. The molecule has 7 heteroatoms. The number of carbonyl (C=O) groups excluding carboxylic acids is 1. The third kappa shape index (κ3) is 4.89. The smallest absolute Gasteiger partial charge is 0.371 e. The monoisotopic (exact) mass is 408 g/mol. The summed E-state index contributed by atoms with van der Waals surface area (Å²) in [6.07, 6.45) is 0. The summed E-state index contributed by atoms with van der Waals surface area (Å²) in [6.45, 7) is 4.17. The van der Waals surface area contributed by atoms with Gasteiger partial charge in [0.05, 0.1) is 5.69 Å². The lowest BCUT2D eigenvalue weighted by molar-refractivity contribution is 0.0663. The highest BCUT2D eigenvalue weighted by Gasteiger charge is 2.15. The van der Waals surface area contributed by atoms with Crippen molar-refractivity contribution in [3.05, 3.63) is 77.6 Å². The molecule has 0 atom stereocenters. The number of nitrogens with one attached hydrogen (secondary N) is 2. The van der Waals surface area contributed by atoms with Gasteiger partial charge in [-0.25, -0.2) is 4.79 Å². The molecular weight excluding hydrogens is 388 g/mol. The largest absolute Gasteiger partial charge is 0.475 e. The van der Waals surface area contributed by atoms with Crippen molar-refractivity contribution < 1.29 is 19.1 Å². The van der Waals surface area contributed by atoms with Gasteiger partial charge in [-0.1, -0.05) is 38.1 Å². The summed E-state index contributed by atoms with van der Waals surface area (Å²) in [7, 11) is 0. The van der Waals surface area contributed by atoms with Crippen LogP contribution in [0.4, 0.5) is 5.69 Å². The summed E-state index contributed by atoms with van der Waals surface area (Å²) in [5.74, 6) is -0.858. The molecule has 1 amide bonds. The van der Waals surface area contributed by atoms with E-state index in [0.29, 0.717) is 28.5 Å². The summed E-state index contributed by atoms with van der Waals surface area (Å²) in [4.78, 5) is 23.5. The van der Waals surface area contributed by atoms with E-state index in [1.165, 1.54) is 6.07 Å². The number of carboxylic acids is 1. The fourth-order valence-corrected chi connectivity index (χ4v) is 2.96. The van der Waals surface area contributed by atoms with Gasteiger partial charge in [-0.05, 0) is 60.1 Å². The second kappa shape index (κ2) is 8.70. The SMILES string of the molecule is CC(C)c1ccc(C(=O)NC(=S)Nc2ccccc2-c2ccc(C(=O)O)o2)cc1. The Kier molecular flexibility index (Phi) is 6.09. The van der Waals surface area contributed by atoms with Gasteiger partial charge in [-0.3, -0.25) is 10.1 Å². The Morgan fingerprint density at radius 1 is 1.00 bits per heavy atom. The first kappa shape index (κ1) is 20.3. The fourth-order valence-electron chi connectivity index (χ4n) is 2.75. The second-order valence-electron chi connectivity index (χ2n) is 6.70. The molecule has 148 valence electrons. The molecule has 0 radical (unpaired) electrons. The number of hydrogen-bond acceptors (Lipinski definition) is 4. The number of amides is 1. The van der Waals surface area contributed by atoms with E-state index in [1.54, 1.807) is 42.5 Å². The number of rotatable bonds is 5. The highest BCUT2D eigenvalue weighted by molar-refractivity contribution is 7.80. The number of benzene rings is 2. The maximum absolute atomic E-state index is 12.4. The van der Waals surface area contributed by atoms with Gasteiger partial charge in [0.2, 0.25) is 5.76 Å². The number of carbonyl (C=O) groups is 2. The first-order chi connectivity index (χ1) is 13.8. The van der Waals surface area contributed by atoms with E-state index in [1.807, 2.05) is 12.1 Å². The highest BCUT2D eigenvalue weighted by atomic mass is 32.1. The third-order valence-electron chi connectivity index (χ3n) is 4.32. The number of para-hydroxylation sites is 1. The Bertz CT molecular complexity index is 1050. The van der Waals surface area contributed by atoms with Crippen molar-refractivity contribution in [2.75, 3.05) is 5.32 Å². The van der Waals surface area contributed by atoms with Crippen molar-refractivity contribution in [1.29, 1.82) is 0 Å². The molecule has 1 heterocycles.